The molecule has 1 aliphatic heterocycles. The van der Waals surface area contributed by atoms with Crippen LogP contribution in [-0.4, -0.2) is 28.0 Å². The highest BCUT2D eigenvalue weighted by atomic mass is 35.5. The predicted octanol–water partition coefficient (Wildman–Crippen LogP) is 3.62. The van der Waals surface area contributed by atoms with Crippen LogP contribution in [0.25, 0.3) is 0 Å². The first-order valence-electron chi connectivity index (χ1n) is 7.12. The van der Waals surface area contributed by atoms with Crippen LogP contribution in [0.4, 0.5) is 5.95 Å². The van der Waals surface area contributed by atoms with Gasteiger partial charge in [0, 0.05) is 13.1 Å². The zero-order chi connectivity index (χ0) is 14.7. The normalized spacial score (nSPS) is 15.0. The van der Waals surface area contributed by atoms with Gasteiger partial charge in [0.2, 0.25) is 11.2 Å². The maximum Gasteiger partial charge on any atom is 0.328 e. The van der Waals surface area contributed by atoms with Gasteiger partial charge in [-0.3, -0.25) is 0 Å². The van der Waals surface area contributed by atoms with Gasteiger partial charge in [0.15, 0.2) is 0 Å². The van der Waals surface area contributed by atoms with Crippen LogP contribution in [0, 0.1) is 6.92 Å². The minimum Gasteiger partial charge on any atom is -0.424 e. The Morgan fingerprint density at radius 3 is 2.67 bits per heavy atom. The highest BCUT2D eigenvalue weighted by molar-refractivity contribution is 6.28. The van der Waals surface area contributed by atoms with E-state index in [-0.39, 0.29) is 11.3 Å². The second-order valence-electron chi connectivity index (χ2n) is 5.15. The van der Waals surface area contributed by atoms with Gasteiger partial charge in [0.25, 0.3) is 0 Å². The molecule has 1 aromatic heterocycles. The van der Waals surface area contributed by atoms with Crippen LogP contribution in [0.1, 0.15) is 24.8 Å². The third-order valence-electron chi connectivity index (χ3n) is 3.41. The second-order valence-corrected chi connectivity index (χ2v) is 5.49. The number of rotatable bonds is 3. The molecule has 5 nitrogen and oxygen atoms in total. The Hall–Kier alpha value is -1.88. The molecule has 0 radical (unpaired) electrons. The van der Waals surface area contributed by atoms with E-state index in [0.29, 0.717) is 11.7 Å². The average molecular weight is 305 g/mol. The van der Waals surface area contributed by atoms with Crippen molar-refractivity contribution in [2.24, 2.45) is 0 Å². The highest BCUT2D eigenvalue weighted by Crippen LogP contribution is 2.23. The summed E-state index contributed by atoms with van der Waals surface area (Å²) >= 11 is 6.00. The van der Waals surface area contributed by atoms with Crippen molar-refractivity contribution in [1.82, 2.24) is 15.0 Å². The second kappa shape index (κ2) is 6.26. The number of halogens is 1. The molecule has 6 heteroatoms. The van der Waals surface area contributed by atoms with E-state index in [1.807, 2.05) is 31.2 Å². The van der Waals surface area contributed by atoms with Crippen molar-refractivity contribution in [3.63, 3.8) is 0 Å². The van der Waals surface area contributed by atoms with Gasteiger partial charge in [-0.05, 0) is 55.5 Å². The SMILES string of the molecule is Cc1cccc(Oc2nc(Cl)nc(N3CCCCC3)n2)c1. The van der Waals surface area contributed by atoms with E-state index in [1.165, 1.54) is 6.42 Å². The number of aromatic nitrogens is 3. The van der Waals surface area contributed by atoms with E-state index >= 15 is 0 Å². The van der Waals surface area contributed by atoms with Crippen molar-refractivity contribution in [2.75, 3.05) is 18.0 Å². The Morgan fingerprint density at radius 1 is 1.10 bits per heavy atom. The molecule has 0 saturated carbocycles. The highest BCUT2D eigenvalue weighted by Gasteiger charge is 2.16. The molecule has 0 amide bonds. The smallest absolute Gasteiger partial charge is 0.328 e. The molecule has 1 saturated heterocycles. The van der Waals surface area contributed by atoms with Gasteiger partial charge < -0.3 is 9.64 Å². The topological polar surface area (TPSA) is 51.1 Å². The largest absolute Gasteiger partial charge is 0.424 e. The van der Waals surface area contributed by atoms with E-state index in [9.17, 15) is 0 Å². The van der Waals surface area contributed by atoms with Gasteiger partial charge in [0.05, 0.1) is 0 Å². The van der Waals surface area contributed by atoms with E-state index in [1.54, 1.807) is 0 Å². The van der Waals surface area contributed by atoms with Crippen molar-refractivity contribution in [3.8, 4) is 11.8 Å². The number of aryl methyl sites for hydroxylation is 1. The molecular weight excluding hydrogens is 288 g/mol. The zero-order valence-corrected chi connectivity index (χ0v) is 12.7. The minimum absolute atomic E-state index is 0.160. The van der Waals surface area contributed by atoms with E-state index in [0.717, 1.165) is 31.5 Å². The number of benzene rings is 1. The number of hydrogen-bond acceptors (Lipinski definition) is 5. The molecule has 3 rings (SSSR count). The molecular formula is C15H17ClN4O. The fourth-order valence-corrected chi connectivity index (χ4v) is 2.54. The molecule has 2 heterocycles. The van der Waals surface area contributed by atoms with Gasteiger partial charge in [-0.2, -0.15) is 15.0 Å². The fourth-order valence-electron chi connectivity index (χ4n) is 2.39. The van der Waals surface area contributed by atoms with Crippen LogP contribution in [0.15, 0.2) is 24.3 Å². The monoisotopic (exact) mass is 304 g/mol. The number of anilines is 1. The summed E-state index contributed by atoms with van der Waals surface area (Å²) in [7, 11) is 0. The lowest BCUT2D eigenvalue weighted by atomic mass is 10.1. The van der Waals surface area contributed by atoms with Crippen LogP contribution in [0.5, 0.6) is 11.8 Å². The van der Waals surface area contributed by atoms with Crippen molar-refractivity contribution >= 4 is 17.5 Å². The summed E-state index contributed by atoms with van der Waals surface area (Å²) in [6.45, 7) is 3.90. The minimum atomic E-state index is 0.160. The molecule has 1 aromatic carbocycles. The van der Waals surface area contributed by atoms with Crippen molar-refractivity contribution in [3.05, 3.63) is 35.1 Å². The summed E-state index contributed by atoms with van der Waals surface area (Å²) in [5.74, 6) is 1.29. The van der Waals surface area contributed by atoms with Crippen LogP contribution in [0.2, 0.25) is 5.28 Å². The molecule has 1 aliphatic rings. The maximum absolute atomic E-state index is 6.00. The summed E-state index contributed by atoms with van der Waals surface area (Å²) < 4.78 is 5.70. The lowest BCUT2D eigenvalue weighted by Crippen LogP contribution is -2.31. The van der Waals surface area contributed by atoms with Crippen LogP contribution < -0.4 is 9.64 Å². The summed E-state index contributed by atoms with van der Waals surface area (Å²) in [6, 6.07) is 7.97. The van der Waals surface area contributed by atoms with Gasteiger partial charge in [-0.15, -0.1) is 0 Å². The van der Waals surface area contributed by atoms with Crippen LogP contribution in [0.3, 0.4) is 0 Å². The standard InChI is InChI=1S/C15H17ClN4O/c1-11-6-5-7-12(10-11)21-15-18-13(16)17-14(19-15)20-8-3-2-4-9-20/h5-7,10H,2-4,8-9H2,1H3. The Balaban J connectivity index is 1.83. The zero-order valence-electron chi connectivity index (χ0n) is 11.9. The number of hydrogen-bond donors (Lipinski definition) is 0. The molecule has 0 spiro atoms. The Labute approximate surface area is 129 Å². The van der Waals surface area contributed by atoms with Crippen LogP contribution in [-0.2, 0) is 0 Å². The molecule has 1 fully saturated rings. The molecule has 0 N–H and O–H groups in total. The summed E-state index contributed by atoms with van der Waals surface area (Å²) in [5, 5.41) is 0.160. The number of ether oxygens (including phenoxy) is 1. The van der Waals surface area contributed by atoms with E-state index in [2.05, 4.69) is 19.9 Å². The maximum atomic E-state index is 6.00. The Kier molecular flexibility index (Phi) is 4.20. The van der Waals surface area contributed by atoms with Crippen molar-refractivity contribution in [1.29, 1.82) is 0 Å². The van der Waals surface area contributed by atoms with Crippen molar-refractivity contribution < 1.29 is 4.74 Å². The number of nitrogens with zero attached hydrogens (tertiary/aromatic N) is 4. The third-order valence-corrected chi connectivity index (χ3v) is 3.58. The molecule has 21 heavy (non-hydrogen) atoms. The average Bonchev–Trinajstić information content (AvgIpc) is 2.47. The first-order chi connectivity index (χ1) is 10.2. The quantitative estimate of drug-likeness (QED) is 0.867. The van der Waals surface area contributed by atoms with Crippen molar-refractivity contribution in [2.45, 2.75) is 26.2 Å². The summed E-state index contributed by atoms with van der Waals surface area (Å²) in [6.07, 6.45) is 3.55. The van der Waals surface area contributed by atoms with E-state index in [4.69, 9.17) is 16.3 Å². The molecule has 0 atom stereocenters. The van der Waals surface area contributed by atoms with Gasteiger partial charge >= 0.3 is 6.01 Å². The molecule has 0 aliphatic carbocycles. The van der Waals surface area contributed by atoms with E-state index < -0.39 is 0 Å². The first kappa shape index (κ1) is 14.1. The summed E-state index contributed by atoms with van der Waals surface area (Å²) in [4.78, 5) is 14.8. The lowest BCUT2D eigenvalue weighted by molar-refractivity contribution is 0.437. The summed E-state index contributed by atoms with van der Waals surface area (Å²) in [5.41, 5.74) is 1.11. The third kappa shape index (κ3) is 3.61. The van der Waals surface area contributed by atoms with Gasteiger partial charge in [-0.25, -0.2) is 0 Å². The fraction of sp³-hybridized carbons (Fsp3) is 0.400. The van der Waals surface area contributed by atoms with Gasteiger partial charge in [-0.1, -0.05) is 12.1 Å². The number of piperidine rings is 1. The lowest BCUT2D eigenvalue weighted by Gasteiger charge is -2.26. The first-order valence-corrected chi connectivity index (χ1v) is 7.49. The Morgan fingerprint density at radius 2 is 1.90 bits per heavy atom. The molecule has 0 bridgehead atoms. The molecule has 2 aromatic rings. The molecule has 110 valence electrons. The van der Waals surface area contributed by atoms with Crippen LogP contribution >= 0.6 is 11.6 Å². The van der Waals surface area contributed by atoms with Gasteiger partial charge in [0.1, 0.15) is 5.75 Å². The molecule has 0 unspecified atom stereocenters. The Bertz CT molecular complexity index is 629. The predicted molar refractivity (Wildman–Crippen MR) is 82.2 cm³/mol.